The van der Waals surface area contributed by atoms with E-state index in [-0.39, 0.29) is 6.61 Å². The van der Waals surface area contributed by atoms with Crippen LogP contribution in [0.2, 0.25) is 0 Å². The van der Waals surface area contributed by atoms with Crippen LogP contribution in [0.15, 0.2) is 60.9 Å². The molecule has 24 heavy (non-hydrogen) atoms. The molecule has 2 rings (SSSR count). The van der Waals surface area contributed by atoms with Crippen LogP contribution in [0.5, 0.6) is 0 Å². The third-order valence-corrected chi connectivity index (χ3v) is 3.24. The average Bonchev–Trinajstić information content (AvgIpc) is 2.61. The second-order valence-corrected chi connectivity index (χ2v) is 5.10. The normalized spacial score (nSPS) is 10.6. The van der Waals surface area contributed by atoms with E-state index in [1.807, 2.05) is 30.3 Å². The number of hydrogen-bond donors (Lipinski definition) is 3. The third-order valence-electron chi connectivity index (χ3n) is 3.24. The Kier molecular flexibility index (Phi) is 7.01. The molecule has 0 aliphatic carbocycles. The molecule has 0 spiro atoms. The molecule has 0 unspecified atom stereocenters. The number of aryl methyl sites for hydroxylation is 1. The van der Waals surface area contributed by atoms with E-state index in [2.05, 4.69) is 10.3 Å². The van der Waals surface area contributed by atoms with Crippen LogP contribution in [0.25, 0.3) is 0 Å². The topological polar surface area (TPSA) is 91.7 Å². The molecule has 0 saturated heterocycles. The number of amides is 1. The first kappa shape index (κ1) is 17.7. The quantitative estimate of drug-likeness (QED) is 0.664. The van der Waals surface area contributed by atoms with Crippen molar-refractivity contribution >= 4 is 18.7 Å². The molecule has 0 fully saturated rings. The molecule has 6 nitrogen and oxygen atoms in total. The number of rotatable bonds is 7. The summed E-state index contributed by atoms with van der Waals surface area (Å²) in [6, 6.07) is 12.6. The minimum atomic E-state index is -1.50. The number of hydrogen-bond acceptors (Lipinski definition) is 5. The highest BCUT2D eigenvalue weighted by Crippen LogP contribution is 2.01. The number of pyridine rings is 1. The van der Waals surface area contributed by atoms with Crippen LogP contribution in [0, 0.1) is 0 Å². The molecule has 1 heterocycles. The van der Waals surface area contributed by atoms with Gasteiger partial charge in [-0.25, -0.2) is 4.79 Å². The molecule has 1 aromatic heterocycles. The molecule has 0 aliphatic rings. The van der Waals surface area contributed by atoms with Gasteiger partial charge in [-0.15, -0.1) is 0 Å². The van der Waals surface area contributed by atoms with Crippen LogP contribution in [0.1, 0.15) is 17.7 Å². The van der Waals surface area contributed by atoms with Crippen molar-refractivity contribution < 1.29 is 19.6 Å². The maximum absolute atomic E-state index is 11.5. The number of carbonyl (C=O) groups is 1. The first-order valence-corrected chi connectivity index (χ1v) is 7.58. The molecular formula is C17H19BN2O4. The van der Waals surface area contributed by atoms with Gasteiger partial charge in [0.1, 0.15) is 6.61 Å². The Morgan fingerprint density at radius 3 is 2.79 bits per heavy atom. The molecular weight excluding hydrogens is 307 g/mol. The van der Waals surface area contributed by atoms with E-state index in [9.17, 15) is 4.79 Å². The fourth-order valence-corrected chi connectivity index (χ4v) is 2.00. The van der Waals surface area contributed by atoms with E-state index in [0.717, 1.165) is 11.3 Å². The first-order chi connectivity index (χ1) is 11.6. The van der Waals surface area contributed by atoms with Gasteiger partial charge in [-0.1, -0.05) is 36.4 Å². The van der Waals surface area contributed by atoms with Crippen LogP contribution >= 0.6 is 0 Å². The second-order valence-electron chi connectivity index (χ2n) is 5.10. The maximum atomic E-state index is 11.5. The molecule has 124 valence electrons. The standard InChI is InChI=1S/C17H19BN2O4/c21-17(24-13-14-6-2-1-3-7-14)20-10-5-4-8-16-12-15(18(22)23)9-11-19-16/h1-3,5-7,9-12,22-23H,4,8,13H2,(H,20,21). The van der Waals surface area contributed by atoms with Crippen molar-refractivity contribution in [2.45, 2.75) is 19.4 Å². The zero-order valence-electron chi connectivity index (χ0n) is 13.1. The van der Waals surface area contributed by atoms with Crippen molar-refractivity contribution in [2.24, 2.45) is 0 Å². The van der Waals surface area contributed by atoms with Gasteiger partial charge in [-0.3, -0.25) is 10.3 Å². The van der Waals surface area contributed by atoms with Gasteiger partial charge in [0.25, 0.3) is 0 Å². The number of aromatic nitrogens is 1. The van der Waals surface area contributed by atoms with E-state index >= 15 is 0 Å². The zero-order valence-corrected chi connectivity index (χ0v) is 13.1. The monoisotopic (exact) mass is 326 g/mol. The summed E-state index contributed by atoms with van der Waals surface area (Å²) in [5, 5.41) is 20.7. The molecule has 1 amide bonds. The minimum absolute atomic E-state index is 0.223. The molecule has 0 radical (unpaired) electrons. The van der Waals surface area contributed by atoms with Gasteiger partial charge in [0.2, 0.25) is 0 Å². The number of ether oxygens (including phenoxy) is 1. The Balaban J connectivity index is 1.67. The Bertz CT molecular complexity index is 677. The minimum Gasteiger partial charge on any atom is -0.444 e. The summed E-state index contributed by atoms with van der Waals surface area (Å²) >= 11 is 0. The Morgan fingerprint density at radius 2 is 2.04 bits per heavy atom. The van der Waals surface area contributed by atoms with E-state index in [1.165, 1.54) is 12.4 Å². The Labute approximate surface area is 141 Å². The molecule has 2 aromatic rings. The summed E-state index contributed by atoms with van der Waals surface area (Å²) in [5.74, 6) is 0. The van der Waals surface area contributed by atoms with Crippen LogP contribution in [0.3, 0.4) is 0 Å². The molecule has 0 bridgehead atoms. The molecule has 3 N–H and O–H groups in total. The van der Waals surface area contributed by atoms with Crippen LogP contribution < -0.4 is 10.8 Å². The third kappa shape index (κ3) is 6.24. The van der Waals surface area contributed by atoms with E-state index < -0.39 is 13.2 Å². The van der Waals surface area contributed by atoms with Gasteiger partial charge in [0.15, 0.2) is 0 Å². The summed E-state index contributed by atoms with van der Waals surface area (Å²) in [6.45, 7) is 0.223. The highest BCUT2D eigenvalue weighted by molar-refractivity contribution is 6.58. The van der Waals surface area contributed by atoms with E-state index in [4.69, 9.17) is 14.8 Å². The van der Waals surface area contributed by atoms with Crippen molar-refractivity contribution in [3.63, 3.8) is 0 Å². The van der Waals surface area contributed by atoms with Crippen molar-refractivity contribution in [2.75, 3.05) is 0 Å². The Morgan fingerprint density at radius 1 is 1.25 bits per heavy atom. The predicted molar refractivity (Wildman–Crippen MR) is 91.3 cm³/mol. The molecule has 0 saturated carbocycles. The second kappa shape index (κ2) is 9.49. The lowest BCUT2D eigenvalue weighted by atomic mass is 9.80. The van der Waals surface area contributed by atoms with Crippen molar-refractivity contribution in [3.05, 3.63) is 72.2 Å². The van der Waals surface area contributed by atoms with Crippen LogP contribution in [-0.2, 0) is 17.8 Å². The van der Waals surface area contributed by atoms with Crippen LogP contribution in [0.4, 0.5) is 4.79 Å². The summed E-state index contributed by atoms with van der Waals surface area (Å²) in [7, 11) is -1.50. The van der Waals surface area contributed by atoms with Gasteiger partial charge in [0.05, 0.1) is 0 Å². The SMILES string of the molecule is O=C(NC=CCCc1cc(B(O)O)ccn1)OCc1ccccc1. The molecule has 7 heteroatoms. The Hall–Kier alpha value is -2.64. The van der Waals surface area contributed by atoms with E-state index in [1.54, 1.807) is 18.2 Å². The highest BCUT2D eigenvalue weighted by atomic mass is 16.5. The van der Waals surface area contributed by atoms with Crippen molar-refractivity contribution in [3.8, 4) is 0 Å². The smallest absolute Gasteiger partial charge is 0.444 e. The zero-order chi connectivity index (χ0) is 17.2. The lowest BCUT2D eigenvalue weighted by Crippen LogP contribution is -2.30. The van der Waals surface area contributed by atoms with E-state index in [0.29, 0.717) is 18.3 Å². The first-order valence-electron chi connectivity index (χ1n) is 7.58. The fourth-order valence-electron chi connectivity index (χ4n) is 2.00. The number of nitrogens with one attached hydrogen (secondary N) is 1. The fraction of sp³-hybridized carbons (Fsp3) is 0.176. The van der Waals surface area contributed by atoms with Gasteiger partial charge < -0.3 is 14.8 Å². The lowest BCUT2D eigenvalue weighted by Gasteiger charge is -2.04. The molecule has 1 aromatic carbocycles. The van der Waals surface area contributed by atoms with Gasteiger partial charge >= 0.3 is 13.2 Å². The summed E-state index contributed by atoms with van der Waals surface area (Å²) in [4.78, 5) is 15.7. The molecule has 0 atom stereocenters. The number of nitrogens with zero attached hydrogens (tertiary/aromatic N) is 1. The largest absolute Gasteiger partial charge is 0.488 e. The lowest BCUT2D eigenvalue weighted by molar-refractivity contribution is 0.143. The maximum Gasteiger partial charge on any atom is 0.488 e. The van der Waals surface area contributed by atoms with Gasteiger partial charge in [-0.05, 0) is 36.0 Å². The summed E-state index contributed by atoms with van der Waals surface area (Å²) in [5.41, 5.74) is 2.08. The number of allylic oxidation sites excluding steroid dienone is 1. The highest BCUT2D eigenvalue weighted by Gasteiger charge is 2.10. The number of alkyl carbamates (subject to hydrolysis) is 1. The van der Waals surface area contributed by atoms with Crippen LogP contribution in [-0.4, -0.2) is 28.2 Å². The van der Waals surface area contributed by atoms with Gasteiger partial charge in [-0.2, -0.15) is 0 Å². The molecule has 0 aliphatic heterocycles. The number of benzene rings is 1. The number of carbonyl (C=O) groups excluding carboxylic acids is 1. The van der Waals surface area contributed by atoms with Crippen molar-refractivity contribution in [1.82, 2.24) is 10.3 Å². The predicted octanol–water partition coefficient (Wildman–Crippen LogP) is 1.13. The summed E-state index contributed by atoms with van der Waals surface area (Å²) in [6.07, 6.45) is 5.60. The van der Waals surface area contributed by atoms with Gasteiger partial charge in [0, 0.05) is 18.1 Å². The van der Waals surface area contributed by atoms with Crippen molar-refractivity contribution in [1.29, 1.82) is 0 Å². The summed E-state index contributed by atoms with van der Waals surface area (Å²) < 4.78 is 5.07. The average molecular weight is 326 g/mol.